The van der Waals surface area contributed by atoms with Crippen LogP contribution in [-0.2, 0) is 10.2 Å². The van der Waals surface area contributed by atoms with Crippen LogP contribution in [0.3, 0.4) is 0 Å². The van der Waals surface area contributed by atoms with Crippen LogP contribution in [0.5, 0.6) is 0 Å². The van der Waals surface area contributed by atoms with E-state index in [-0.39, 0.29) is 5.91 Å². The molecule has 0 atom stereocenters. The lowest BCUT2D eigenvalue weighted by Crippen LogP contribution is -2.34. The highest BCUT2D eigenvalue weighted by atomic mass is 16.2. The zero-order valence-electron chi connectivity index (χ0n) is 18.9. The van der Waals surface area contributed by atoms with Crippen LogP contribution < -0.4 is 15.5 Å². The Balaban J connectivity index is 1.41. The number of hydrogen-bond donors (Lipinski definition) is 2. The van der Waals surface area contributed by atoms with Crippen molar-refractivity contribution in [2.45, 2.75) is 19.3 Å². The molecule has 5 rings (SSSR count). The molecule has 1 aliphatic rings. The molecule has 33 heavy (non-hydrogen) atoms. The summed E-state index contributed by atoms with van der Waals surface area (Å²) in [5.41, 5.74) is 4.41. The molecule has 0 aliphatic carbocycles. The van der Waals surface area contributed by atoms with Gasteiger partial charge in [0.2, 0.25) is 5.91 Å². The van der Waals surface area contributed by atoms with Gasteiger partial charge in [-0.1, -0.05) is 60.7 Å². The van der Waals surface area contributed by atoms with Gasteiger partial charge in [-0.15, -0.1) is 0 Å². The fourth-order valence-electron chi connectivity index (χ4n) is 4.25. The summed E-state index contributed by atoms with van der Waals surface area (Å²) in [5.74, 6) is -0.0304. The third kappa shape index (κ3) is 3.96. The van der Waals surface area contributed by atoms with Gasteiger partial charge in [-0.25, -0.2) is 0 Å². The van der Waals surface area contributed by atoms with Crippen molar-refractivity contribution in [3.8, 4) is 0 Å². The minimum Gasteiger partial charge on any atom is -0.379 e. The van der Waals surface area contributed by atoms with E-state index in [4.69, 9.17) is 0 Å². The lowest BCUT2D eigenvalue weighted by Gasteiger charge is -2.25. The Morgan fingerprint density at radius 1 is 0.879 bits per heavy atom. The first-order chi connectivity index (χ1) is 16.0. The third-order valence-electron chi connectivity index (χ3n) is 6.28. The van der Waals surface area contributed by atoms with Crippen LogP contribution in [0.15, 0.2) is 103 Å². The minimum absolute atomic E-state index is 0.0304. The van der Waals surface area contributed by atoms with E-state index in [2.05, 4.69) is 64.2 Å². The Kier molecular flexibility index (Phi) is 5.35. The van der Waals surface area contributed by atoms with Gasteiger partial charge in [0.1, 0.15) is 0 Å². The summed E-state index contributed by atoms with van der Waals surface area (Å²) in [6.07, 6.45) is 4.21. The fraction of sp³-hybridized carbons (Fsp3) is 0.138. The van der Waals surface area contributed by atoms with Crippen molar-refractivity contribution in [2.75, 3.05) is 22.1 Å². The Hall–Kier alpha value is -4.05. The normalized spacial score (nSPS) is 13.2. The molecule has 0 radical (unpaired) electrons. The predicted octanol–water partition coefficient (Wildman–Crippen LogP) is 6.83. The number of rotatable bonds is 4. The number of anilines is 4. The number of benzene rings is 4. The van der Waals surface area contributed by atoms with Crippen molar-refractivity contribution >= 4 is 39.4 Å². The van der Waals surface area contributed by atoms with Gasteiger partial charge in [0.05, 0.1) is 16.8 Å². The lowest BCUT2D eigenvalue weighted by molar-refractivity contribution is -0.120. The monoisotopic (exact) mass is 433 g/mol. The summed E-state index contributed by atoms with van der Waals surface area (Å²) in [6.45, 7) is 4.66. The van der Waals surface area contributed by atoms with Crippen molar-refractivity contribution in [1.29, 1.82) is 0 Å². The summed E-state index contributed by atoms with van der Waals surface area (Å²) in [7, 11) is 0. The Morgan fingerprint density at radius 3 is 2.39 bits per heavy atom. The van der Waals surface area contributed by atoms with E-state index in [1.165, 1.54) is 10.8 Å². The smallest absolute Gasteiger partial charge is 0.234 e. The van der Waals surface area contributed by atoms with Crippen LogP contribution in [0, 0.1) is 0 Å². The molecule has 1 amide bonds. The maximum absolute atomic E-state index is 13.0. The Bertz CT molecular complexity index is 1320. The van der Waals surface area contributed by atoms with Crippen LogP contribution in [0.25, 0.3) is 10.8 Å². The number of carbonyl (C=O) groups excluding carboxylic acids is 1. The molecule has 0 saturated carbocycles. The molecule has 0 fully saturated rings. The van der Waals surface area contributed by atoms with Gasteiger partial charge >= 0.3 is 0 Å². The highest BCUT2D eigenvalue weighted by Crippen LogP contribution is 2.39. The van der Waals surface area contributed by atoms with Crippen molar-refractivity contribution in [3.05, 3.63) is 109 Å². The van der Waals surface area contributed by atoms with Gasteiger partial charge in [-0.2, -0.15) is 0 Å². The molecule has 0 bridgehead atoms. The summed E-state index contributed by atoms with van der Waals surface area (Å²) >= 11 is 0. The molecule has 1 heterocycles. The highest BCUT2D eigenvalue weighted by Gasteiger charge is 2.29. The number of hydrogen-bond acceptors (Lipinski definition) is 3. The average Bonchev–Trinajstić information content (AvgIpc) is 3.08. The van der Waals surface area contributed by atoms with Gasteiger partial charge in [0.25, 0.3) is 0 Å². The molecule has 4 aromatic rings. The first-order valence-electron chi connectivity index (χ1n) is 11.2. The number of nitrogens with one attached hydrogen (secondary N) is 2. The SMILES string of the molecule is CC(C)(C(=O)Nc1ccc(N2C=CCNc3c2ccc2ccccc32)cc1)c1ccccc1. The molecule has 0 spiro atoms. The van der Waals surface area contributed by atoms with E-state index in [1.807, 2.05) is 68.4 Å². The number of carbonyl (C=O) groups is 1. The van der Waals surface area contributed by atoms with Gasteiger partial charge in [0, 0.05) is 29.5 Å². The van der Waals surface area contributed by atoms with Crippen molar-refractivity contribution in [2.24, 2.45) is 0 Å². The van der Waals surface area contributed by atoms with E-state index in [0.717, 1.165) is 34.9 Å². The second-order valence-corrected chi connectivity index (χ2v) is 8.81. The largest absolute Gasteiger partial charge is 0.379 e. The number of amides is 1. The van der Waals surface area contributed by atoms with Crippen molar-refractivity contribution in [1.82, 2.24) is 0 Å². The molecule has 4 heteroatoms. The molecular weight excluding hydrogens is 406 g/mol. The molecule has 164 valence electrons. The van der Waals surface area contributed by atoms with E-state index in [1.54, 1.807) is 0 Å². The van der Waals surface area contributed by atoms with E-state index >= 15 is 0 Å². The second kappa shape index (κ2) is 8.47. The van der Waals surface area contributed by atoms with Crippen molar-refractivity contribution < 1.29 is 4.79 Å². The summed E-state index contributed by atoms with van der Waals surface area (Å²) in [5, 5.41) is 9.05. The fourth-order valence-corrected chi connectivity index (χ4v) is 4.25. The van der Waals surface area contributed by atoms with Crippen LogP contribution in [0.4, 0.5) is 22.7 Å². The molecule has 2 N–H and O–H groups in total. The van der Waals surface area contributed by atoms with E-state index in [9.17, 15) is 4.79 Å². The summed E-state index contributed by atoms with van der Waals surface area (Å²) in [4.78, 5) is 15.2. The Morgan fingerprint density at radius 2 is 1.61 bits per heavy atom. The zero-order chi connectivity index (χ0) is 22.8. The highest BCUT2D eigenvalue weighted by molar-refractivity contribution is 6.02. The molecule has 1 aliphatic heterocycles. The quantitative estimate of drug-likeness (QED) is 0.371. The van der Waals surface area contributed by atoms with E-state index in [0.29, 0.717) is 0 Å². The van der Waals surface area contributed by atoms with Crippen LogP contribution in [-0.4, -0.2) is 12.5 Å². The van der Waals surface area contributed by atoms with Crippen LogP contribution in [0.2, 0.25) is 0 Å². The van der Waals surface area contributed by atoms with Gasteiger partial charge < -0.3 is 15.5 Å². The first kappa shape index (κ1) is 20.8. The van der Waals surface area contributed by atoms with Crippen LogP contribution in [0.1, 0.15) is 19.4 Å². The zero-order valence-corrected chi connectivity index (χ0v) is 18.9. The topological polar surface area (TPSA) is 44.4 Å². The molecule has 4 nitrogen and oxygen atoms in total. The summed E-state index contributed by atoms with van der Waals surface area (Å²) < 4.78 is 0. The van der Waals surface area contributed by atoms with Crippen molar-refractivity contribution in [3.63, 3.8) is 0 Å². The third-order valence-corrected chi connectivity index (χ3v) is 6.28. The van der Waals surface area contributed by atoms with E-state index < -0.39 is 5.41 Å². The molecular formula is C29H27N3O. The average molecular weight is 434 g/mol. The van der Waals surface area contributed by atoms with Gasteiger partial charge in [-0.05, 0) is 61.2 Å². The minimum atomic E-state index is -0.626. The van der Waals surface area contributed by atoms with Crippen LogP contribution >= 0.6 is 0 Å². The molecule has 0 unspecified atom stereocenters. The molecule has 4 aromatic carbocycles. The Labute approximate surface area is 194 Å². The maximum atomic E-state index is 13.0. The molecule has 0 saturated heterocycles. The predicted molar refractivity (Wildman–Crippen MR) is 138 cm³/mol. The second-order valence-electron chi connectivity index (χ2n) is 8.81. The standard InChI is InChI=1S/C29H27N3O/c1-29(2,22-10-4-3-5-11-22)28(33)31-23-14-16-24(17-15-23)32-20-8-19-30-27-25-12-7-6-9-21(25)13-18-26(27)32/h3-18,20,30H,19H2,1-2H3,(H,31,33). The summed E-state index contributed by atoms with van der Waals surface area (Å²) in [6, 6.07) is 30.6. The van der Waals surface area contributed by atoms with Gasteiger partial charge in [0.15, 0.2) is 0 Å². The maximum Gasteiger partial charge on any atom is 0.234 e. The molecule has 0 aromatic heterocycles. The first-order valence-corrected chi connectivity index (χ1v) is 11.2. The lowest BCUT2D eigenvalue weighted by atomic mass is 9.83. The number of nitrogens with zero attached hydrogens (tertiary/aromatic N) is 1. The number of fused-ring (bicyclic) bond motifs is 3. The van der Waals surface area contributed by atoms with Gasteiger partial charge in [-0.3, -0.25) is 4.79 Å².